The number of carbonyl (C=O) groups excluding carboxylic acids is 3. The summed E-state index contributed by atoms with van der Waals surface area (Å²) in [5, 5.41) is 5.16. The number of hydrogen-bond acceptors (Lipinski definition) is 4. The molecule has 0 aliphatic heterocycles. The number of carbonyl (C=O) groups is 3. The van der Waals surface area contributed by atoms with E-state index >= 15 is 0 Å². The van der Waals surface area contributed by atoms with Gasteiger partial charge in [0.05, 0.1) is 19.6 Å². The number of anilines is 1. The van der Waals surface area contributed by atoms with Gasteiger partial charge >= 0.3 is 17.8 Å². The van der Waals surface area contributed by atoms with Crippen LogP contribution in [0.25, 0.3) is 0 Å². The third-order valence-electron chi connectivity index (χ3n) is 3.78. The van der Waals surface area contributed by atoms with Crippen LogP contribution in [0, 0.1) is 6.92 Å². The van der Waals surface area contributed by atoms with Crippen LogP contribution in [-0.4, -0.2) is 24.9 Å². The Morgan fingerprint density at radius 2 is 1.69 bits per heavy atom. The van der Waals surface area contributed by atoms with E-state index in [2.05, 4.69) is 31.3 Å². The molecule has 0 bridgehead atoms. The number of halogens is 1. The highest BCUT2D eigenvalue weighted by atomic mass is 79.9. The molecule has 2 N–H and O–H groups in total. The lowest BCUT2D eigenvalue weighted by molar-refractivity contribution is -0.142. The largest absolute Gasteiger partial charge is 0.469 e. The minimum atomic E-state index is -0.829. The Bertz CT molecular complexity index is 805. The van der Waals surface area contributed by atoms with Gasteiger partial charge in [-0.3, -0.25) is 14.4 Å². The smallest absolute Gasteiger partial charge is 0.313 e. The Kier molecular flexibility index (Phi) is 6.91. The molecule has 26 heavy (non-hydrogen) atoms. The van der Waals surface area contributed by atoms with Crippen LogP contribution in [0.1, 0.15) is 23.6 Å². The Morgan fingerprint density at radius 1 is 1.04 bits per heavy atom. The van der Waals surface area contributed by atoms with E-state index in [9.17, 15) is 14.4 Å². The van der Waals surface area contributed by atoms with Gasteiger partial charge in [-0.1, -0.05) is 46.3 Å². The molecule has 2 rings (SSSR count). The highest BCUT2D eigenvalue weighted by Gasteiger charge is 2.23. The van der Waals surface area contributed by atoms with Crippen LogP contribution in [0.4, 0.5) is 5.69 Å². The zero-order valence-electron chi connectivity index (χ0n) is 14.4. The van der Waals surface area contributed by atoms with Crippen LogP contribution in [0.3, 0.4) is 0 Å². The Labute approximate surface area is 160 Å². The summed E-state index contributed by atoms with van der Waals surface area (Å²) in [4.78, 5) is 36.2. The Morgan fingerprint density at radius 3 is 2.31 bits per heavy atom. The minimum absolute atomic E-state index is 0.0818. The summed E-state index contributed by atoms with van der Waals surface area (Å²) in [5.74, 6) is -2.12. The molecule has 0 radical (unpaired) electrons. The molecule has 2 aromatic rings. The maximum Gasteiger partial charge on any atom is 0.313 e. The molecule has 2 aromatic carbocycles. The fourth-order valence-corrected chi connectivity index (χ4v) is 2.58. The van der Waals surface area contributed by atoms with E-state index in [-0.39, 0.29) is 6.42 Å². The van der Waals surface area contributed by atoms with Gasteiger partial charge in [-0.25, -0.2) is 0 Å². The maximum absolute atomic E-state index is 12.3. The monoisotopic (exact) mass is 418 g/mol. The second-order valence-electron chi connectivity index (χ2n) is 5.63. The average molecular weight is 419 g/mol. The van der Waals surface area contributed by atoms with Gasteiger partial charge < -0.3 is 15.4 Å². The standard InChI is InChI=1S/C19H19BrN2O4/c1-12-5-3-4-6-15(12)21-18(24)19(25)22-16(11-17(23)26-2)13-7-9-14(20)10-8-13/h3-10,16H,11H2,1-2H3,(H,21,24)(H,22,25). The first-order valence-corrected chi connectivity index (χ1v) is 8.69. The summed E-state index contributed by atoms with van der Waals surface area (Å²) in [6.07, 6.45) is -0.0818. The van der Waals surface area contributed by atoms with Crippen molar-refractivity contribution in [2.45, 2.75) is 19.4 Å². The quantitative estimate of drug-likeness (QED) is 0.576. The number of benzene rings is 2. The first-order valence-electron chi connectivity index (χ1n) is 7.90. The van der Waals surface area contributed by atoms with Crippen molar-refractivity contribution in [2.24, 2.45) is 0 Å². The lowest BCUT2D eigenvalue weighted by Gasteiger charge is -2.18. The zero-order valence-corrected chi connectivity index (χ0v) is 16.0. The number of nitrogens with one attached hydrogen (secondary N) is 2. The van der Waals surface area contributed by atoms with Crippen molar-refractivity contribution in [3.05, 3.63) is 64.1 Å². The number of para-hydroxylation sites is 1. The van der Waals surface area contributed by atoms with Crippen molar-refractivity contribution in [3.8, 4) is 0 Å². The number of amides is 2. The van der Waals surface area contributed by atoms with E-state index in [0.717, 1.165) is 10.0 Å². The minimum Gasteiger partial charge on any atom is -0.469 e. The van der Waals surface area contributed by atoms with E-state index in [0.29, 0.717) is 11.3 Å². The lowest BCUT2D eigenvalue weighted by atomic mass is 10.0. The third kappa shape index (κ3) is 5.42. The van der Waals surface area contributed by atoms with E-state index < -0.39 is 23.8 Å². The number of rotatable bonds is 5. The number of methoxy groups -OCH3 is 1. The molecular weight excluding hydrogens is 400 g/mol. The molecule has 6 nitrogen and oxygen atoms in total. The van der Waals surface area contributed by atoms with Crippen LogP contribution >= 0.6 is 15.9 Å². The van der Waals surface area contributed by atoms with Crippen LogP contribution in [0.15, 0.2) is 53.0 Å². The van der Waals surface area contributed by atoms with Gasteiger partial charge in [0.2, 0.25) is 0 Å². The highest BCUT2D eigenvalue weighted by Crippen LogP contribution is 2.20. The van der Waals surface area contributed by atoms with Crippen molar-refractivity contribution in [1.82, 2.24) is 5.32 Å². The predicted octanol–water partition coefficient (Wildman–Crippen LogP) is 3.12. The number of hydrogen-bond donors (Lipinski definition) is 2. The molecule has 0 fully saturated rings. The summed E-state index contributed by atoms with van der Waals surface area (Å²) in [5.41, 5.74) is 2.09. The molecule has 1 atom stereocenters. The number of esters is 1. The van der Waals surface area contributed by atoms with E-state index in [1.165, 1.54) is 7.11 Å². The molecule has 0 aliphatic rings. The second-order valence-corrected chi connectivity index (χ2v) is 6.54. The summed E-state index contributed by atoms with van der Waals surface area (Å²) < 4.78 is 5.54. The van der Waals surface area contributed by atoms with E-state index in [4.69, 9.17) is 0 Å². The van der Waals surface area contributed by atoms with Gasteiger partial charge in [0.15, 0.2) is 0 Å². The van der Waals surface area contributed by atoms with Crippen molar-refractivity contribution in [2.75, 3.05) is 12.4 Å². The number of ether oxygens (including phenoxy) is 1. The summed E-state index contributed by atoms with van der Waals surface area (Å²) in [6.45, 7) is 1.83. The van der Waals surface area contributed by atoms with Crippen molar-refractivity contribution in [3.63, 3.8) is 0 Å². The fraction of sp³-hybridized carbons (Fsp3) is 0.211. The Hall–Kier alpha value is -2.67. The molecule has 136 valence electrons. The van der Waals surface area contributed by atoms with Gasteiger partial charge in [0.25, 0.3) is 0 Å². The second kappa shape index (κ2) is 9.15. The van der Waals surface area contributed by atoms with Crippen molar-refractivity contribution in [1.29, 1.82) is 0 Å². The molecule has 0 aliphatic carbocycles. The van der Waals surface area contributed by atoms with Crippen LogP contribution in [-0.2, 0) is 19.1 Å². The summed E-state index contributed by atoms with van der Waals surface area (Å²) >= 11 is 3.33. The molecule has 2 amide bonds. The van der Waals surface area contributed by atoms with Gasteiger partial charge in [-0.15, -0.1) is 0 Å². The molecule has 0 heterocycles. The zero-order chi connectivity index (χ0) is 19.1. The molecular formula is C19H19BrN2O4. The van der Waals surface area contributed by atoms with Crippen LogP contribution < -0.4 is 10.6 Å². The van der Waals surface area contributed by atoms with Gasteiger partial charge in [-0.2, -0.15) is 0 Å². The first kappa shape index (κ1) is 19.7. The highest BCUT2D eigenvalue weighted by molar-refractivity contribution is 9.10. The molecule has 0 aromatic heterocycles. The van der Waals surface area contributed by atoms with Crippen molar-refractivity contribution >= 4 is 39.4 Å². The van der Waals surface area contributed by atoms with E-state index in [1.807, 2.05) is 19.1 Å². The summed E-state index contributed by atoms with van der Waals surface area (Å²) in [6, 6.07) is 13.6. The molecule has 7 heteroatoms. The molecule has 0 saturated carbocycles. The van der Waals surface area contributed by atoms with Gasteiger partial charge in [-0.05, 0) is 36.2 Å². The van der Waals surface area contributed by atoms with Gasteiger partial charge in [0, 0.05) is 10.2 Å². The first-order chi connectivity index (χ1) is 12.4. The average Bonchev–Trinajstić information content (AvgIpc) is 2.63. The maximum atomic E-state index is 12.3. The SMILES string of the molecule is COC(=O)CC(NC(=O)C(=O)Nc1ccccc1C)c1ccc(Br)cc1. The fourth-order valence-electron chi connectivity index (χ4n) is 2.31. The molecule has 1 unspecified atom stereocenters. The van der Waals surface area contributed by atoms with Crippen LogP contribution in [0.5, 0.6) is 0 Å². The van der Waals surface area contributed by atoms with Gasteiger partial charge in [0.1, 0.15) is 0 Å². The normalized spacial score (nSPS) is 11.3. The number of aryl methyl sites for hydroxylation is 1. The lowest BCUT2D eigenvalue weighted by Crippen LogP contribution is -2.38. The van der Waals surface area contributed by atoms with E-state index in [1.54, 1.807) is 36.4 Å². The topological polar surface area (TPSA) is 84.5 Å². The molecule has 0 saturated heterocycles. The van der Waals surface area contributed by atoms with Crippen molar-refractivity contribution < 1.29 is 19.1 Å². The molecule has 0 spiro atoms. The summed E-state index contributed by atoms with van der Waals surface area (Å²) in [7, 11) is 1.27. The Balaban J connectivity index is 2.12. The predicted molar refractivity (Wildman–Crippen MR) is 101 cm³/mol. The third-order valence-corrected chi connectivity index (χ3v) is 4.30. The van der Waals surface area contributed by atoms with Crippen LogP contribution in [0.2, 0.25) is 0 Å².